The fourth-order valence-corrected chi connectivity index (χ4v) is 5.44. The van der Waals surface area contributed by atoms with Gasteiger partial charge in [-0.15, -0.1) is 0 Å². The van der Waals surface area contributed by atoms with Gasteiger partial charge in [0.2, 0.25) is 0 Å². The van der Waals surface area contributed by atoms with E-state index < -0.39 is 5.82 Å². The fraction of sp³-hybridized carbons (Fsp3) is 0.241. The number of fused-ring (bicyclic) bond motifs is 1. The Balaban J connectivity index is 1.48. The van der Waals surface area contributed by atoms with E-state index in [4.69, 9.17) is 4.98 Å². The second kappa shape index (κ2) is 11.1. The quantitative estimate of drug-likeness (QED) is 0.197. The maximum Gasteiger partial charge on any atom is 0.262 e. The highest BCUT2D eigenvalue weighted by molar-refractivity contribution is 7.99. The SMILES string of the molecule is O=C(CSc1nc2cc(C(=O)NC3CCCC3)ccc2c(=O)n1Cc1ccccc1)c1ccc(F)cc1. The Morgan fingerprint density at radius 2 is 1.68 bits per heavy atom. The lowest BCUT2D eigenvalue weighted by molar-refractivity contribution is 0.0937. The third kappa shape index (κ3) is 5.80. The van der Waals surface area contributed by atoms with Gasteiger partial charge in [0.15, 0.2) is 10.9 Å². The molecule has 0 saturated heterocycles. The molecule has 0 bridgehead atoms. The molecule has 3 aromatic carbocycles. The van der Waals surface area contributed by atoms with Crippen molar-refractivity contribution in [3.8, 4) is 0 Å². The predicted molar refractivity (Wildman–Crippen MR) is 143 cm³/mol. The third-order valence-electron chi connectivity index (χ3n) is 6.55. The van der Waals surface area contributed by atoms with Crippen molar-refractivity contribution in [1.82, 2.24) is 14.9 Å². The standard InChI is InChI=1S/C29H26FN3O3S/c30-22-13-10-20(11-14-22)26(34)18-37-29-32-25-16-21(27(35)31-23-8-4-5-9-23)12-15-24(25)28(36)33(29)17-19-6-2-1-3-7-19/h1-3,6-7,10-16,23H,4-5,8-9,17-18H2,(H,31,35). The van der Waals surface area contributed by atoms with Crippen LogP contribution in [0.2, 0.25) is 0 Å². The number of Topliss-reactive ketones (excluding diaryl/α,β-unsaturated/α-hetero) is 1. The summed E-state index contributed by atoms with van der Waals surface area (Å²) in [5.41, 5.74) is 1.92. The van der Waals surface area contributed by atoms with E-state index in [1.807, 2.05) is 30.3 Å². The van der Waals surface area contributed by atoms with Crippen molar-refractivity contribution in [1.29, 1.82) is 0 Å². The van der Waals surface area contributed by atoms with E-state index in [1.54, 1.807) is 22.8 Å². The summed E-state index contributed by atoms with van der Waals surface area (Å²) >= 11 is 1.15. The van der Waals surface area contributed by atoms with Crippen LogP contribution in [0.25, 0.3) is 10.9 Å². The molecule has 1 N–H and O–H groups in total. The molecule has 0 radical (unpaired) electrons. The zero-order valence-electron chi connectivity index (χ0n) is 20.2. The highest BCUT2D eigenvalue weighted by Crippen LogP contribution is 2.22. The molecule has 1 saturated carbocycles. The largest absolute Gasteiger partial charge is 0.349 e. The van der Waals surface area contributed by atoms with Gasteiger partial charge in [0, 0.05) is 17.2 Å². The first-order valence-electron chi connectivity index (χ1n) is 12.3. The molecule has 1 amide bonds. The maximum atomic E-state index is 13.5. The van der Waals surface area contributed by atoms with Gasteiger partial charge in [-0.1, -0.05) is 54.9 Å². The molecule has 0 aliphatic heterocycles. The minimum absolute atomic E-state index is 0.0280. The number of hydrogen-bond acceptors (Lipinski definition) is 5. The van der Waals surface area contributed by atoms with E-state index in [1.165, 1.54) is 24.3 Å². The third-order valence-corrected chi connectivity index (χ3v) is 7.53. The molecular formula is C29H26FN3O3S. The first kappa shape index (κ1) is 24.9. The maximum absolute atomic E-state index is 13.5. The molecule has 1 aliphatic rings. The zero-order chi connectivity index (χ0) is 25.8. The average Bonchev–Trinajstić information content (AvgIpc) is 3.43. The summed E-state index contributed by atoms with van der Waals surface area (Å²) in [7, 11) is 0. The molecule has 0 unspecified atom stereocenters. The number of hydrogen-bond donors (Lipinski definition) is 1. The van der Waals surface area contributed by atoms with Crippen LogP contribution < -0.4 is 10.9 Å². The topological polar surface area (TPSA) is 81.1 Å². The molecule has 6 nitrogen and oxygen atoms in total. The monoisotopic (exact) mass is 515 g/mol. The van der Waals surface area contributed by atoms with Gasteiger partial charge in [-0.3, -0.25) is 19.0 Å². The van der Waals surface area contributed by atoms with Gasteiger partial charge in [-0.2, -0.15) is 0 Å². The summed E-state index contributed by atoms with van der Waals surface area (Å²) in [6.45, 7) is 0.291. The summed E-state index contributed by atoms with van der Waals surface area (Å²) in [6.07, 6.45) is 4.18. The van der Waals surface area contributed by atoms with Gasteiger partial charge < -0.3 is 5.32 Å². The molecule has 0 atom stereocenters. The molecule has 1 aliphatic carbocycles. The molecule has 1 aromatic heterocycles. The van der Waals surface area contributed by atoms with Gasteiger partial charge in [-0.05, 0) is 60.9 Å². The molecule has 0 spiro atoms. The van der Waals surface area contributed by atoms with E-state index in [2.05, 4.69) is 5.32 Å². The Kier molecular flexibility index (Phi) is 7.46. The number of thioether (sulfide) groups is 1. The molecule has 37 heavy (non-hydrogen) atoms. The van der Waals surface area contributed by atoms with Crippen molar-refractivity contribution < 1.29 is 14.0 Å². The van der Waals surface area contributed by atoms with Crippen LogP contribution in [0.5, 0.6) is 0 Å². The Morgan fingerprint density at radius 1 is 0.973 bits per heavy atom. The summed E-state index contributed by atoms with van der Waals surface area (Å²) in [5.74, 6) is -0.759. The molecule has 1 fully saturated rings. The van der Waals surface area contributed by atoms with Crippen molar-refractivity contribution in [3.63, 3.8) is 0 Å². The van der Waals surface area contributed by atoms with Crippen LogP contribution in [0, 0.1) is 5.82 Å². The van der Waals surface area contributed by atoms with Crippen LogP contribution in [0.3, 0.4) is 0 Å². The summed E-state index contributed by atoms with van der Waals surface area (Å²) in [5, 5.41) is 3.85. The van der Waals surface area contributed by atoms with Gasteiger partial charge in [0.05, 0.1) is 23.2 Å². The number of halogens is 1. The lowest BCUT2D eigenvalue weighted by atomic mass is 10.1. The average molecular weight is 516 g/mol. The molecule has 1 heterocycles. The highest BCUT2D eigenvalue weighted by Gasteiger charge is 2.20. The van der Waals surface area contributed by atoms with E-state index in [0.29, 0.717) is 33.7 Å². The van der Waals surface area contributed by atoms with Crippen LogP contribution in [-0.2, 0) is 6.54 Å². The summed E-state index contributed by atoms with van der Waals surface area (Å²) < 4.78 is 14.8. The number of nitrogens with zero attached hydrogens (tertiary/aromatic N) is 2. The van der Waals surface area contributed by atoms with Gasteiger partial charge in [-0.25, -0.2) is 9.37 Å². The number of carbonyl (C=O) groups excluding carboxylic acids is 2. The summed E-state index contributed by atoms with van der Waals surface area (Å²) in [6, 6.07) is 20.0. The van der Waals surface area contributed by atoms with Crippen LogP contribution in [0.1, 0.15) is 52.0 Å². The first-order chi connectivity index (χ1) is 18.0. The van der Waals surface area contributed by atoms with Crippen LogP contribution in [-0.4, -0.2) is 33.0 Å². The highest BCUT2D eigenvalue weighted by atomic mass is 32.2. The number of carbonyl (C=O) groups is 2. The first-order valence-corrected chi connectivity index (χ1v) is 13.3. The van der Waals surface area contributed by atoms with Crippen molar-refractivity contribution >= 4 is 34.4 Å². The van der Waals surface area contributed by atoms with Gasteiger partial charge in [0.1, 0.15) is 5.82 Å². The molecule has 4 aromatic rings. The molecular weight excluding hydrogens is 489 g/mol. The Bertz CT molecular complexity index is 1500. The van der Waals surface area contributed by atoms with Crippen molar-refractivity contribution in [3.05, 3.63) is 106 Å². The number of ketones is 1. The lowest BCUT2D eigenvalue weighted by Gasteiger charge is -2.15. The van der Waals surface area contributed by atoms with Crippen molar-refractivity contribution in [2.45, 2.75) is 43.4 Å². The Hall–Kier alpha value is -3.78. The van der Waals surface area contributed by atoms with E-state index in [-0.39, 0.29) is 29.0 Å². The second-order valence-electron chi connectivity index (χ2n) is 9.18. The van der Waals surface area contributed by atoms with Crippen LogP contribution in [0.15, 0.2) is 82.7 Å². The fourth-order valence-electron chi connectivity index (χ4n) is 4.55. The smallest absolute Gasteiger partial charge is 0.262 e. The van der Waals surface area contributed by atoms with Gasteiger partial charge >= 0.3 is 0 Å². The molecule has 188 valence electrons. The number of rotatable bonds is 8. The number of benzene rings is 3. The minimum Gasteiger partial charge on any atom is -0.349 e. The lowest BCUT2D eigenvalue weighted by Crippen LogP contribution is -2.32. The molecule has 8 heteroatoms. The number of aromatic nitrogens is 2. The second-order valence-corrected chi connectivity index (χ2v) is 10.1. The molecule has 5 rings (SSSR count). The van der Waals surface area contributed by atoms with E-state index in [9.17, 15) is 18.8 Å². The van der Waals surface area contributed by atoms with E-state index in [0.717, 1.165) is 43.0 Å². The Labute approximate surface area is 217 Å². The minimum atomic E-state index is -0.412. The van der Waals surface area contributed by atoms with Crippen LogP contribution >= 0.6 is 11.8 Å². The summed E-state index contributed by atoms with van der Waals surface area (Å²) in [4.78, 5) is 43.8. The predicted octanol–water partition coefficient (Wildman–Crippen LogP) is 5.23. The normalized spacial score (nSPS) is 13.6. The Morgan fingerprint density at radius 3 is 2.41 bits per heavy atom. The van der Waals surface area contributed by atoms with Crippen molar-refractivity contribution in [2.75, 3.05) is 5.75 Å². The van der Waals surface area contributed by atoms with Crippen LogP contribution in [0.4, 0.5) is 4.39 Å². The van der Waals surface area contributed by atoms with Gasteiger partial charge in [0.25, 0.3) is 11.5 Å². The van der Waals surface area contributed by atoms with E-state index >= 15 is 0 Å². The van der Waals surface area contributed by atoms with Crippen molar-refractivity contribution in [2.24, 2.45) is 0 Å². The number of nitrogens with one attached hydrogen (secondary N) is 1. The number of amides is 1. The zero-order valence-corrected chi connectivity index (χ0v) is 21.0.